The van der Waals surface area contributed by atoms with E-state index in [0.717, 1.165) is 64.3 Å². The molecule has 1 amide bonds. The van der Waals surface area contributed by atoms with E-state index in [9.17, 15) is 4.79 Å². The van der Waals surface area contributed by atoms with Crippen LogP contribution in [0.2, 0.25) is 0 Å². The van der Waals surface area contributed by atoms with Crippen molar-refractivity contribution in [2.24, 2.45) is 11.8 Å². The minimum atomic E-state index is -0.201. The van der Waals surface area contributed by atoms with E-state index in [1.54, 1.807) is 0 Å². The summed E-state index contributed by atoms with van der Waals surface area (Å²) in [4.78, 5) is 11.4. The largest absolute Gasteiger partial charge is 0.379 e. The normalized spacial score (nSPS) is 17.7. The summed E-state index contributed by atoms with van der Waals surface area (Å²) in [6, 6.07) is -0.0796. The Balaban J connectivity index is -0.000000298. The number of rotatable bonds is 37. The van der Waals surface area contributed by atoms with Crippen LogP contribution in [0.1, 0.15) is 286 Å². The molecular weight excluding hydrogens is 1060 g/mol. The summed E-state index contributed by atoms with van der Waals surface area (Å²) >= 11 is 0. The third-order valence-electron chi connectivity index (χ3n) is 12.1. The van der Waals surface area contributed by atoms with Gasteiger partial charge in [0, 0.05) is 18.9 Å². The van der Waals surface area contributed by atoms with E-state index in [4.69, 9.17) is 56.8 Å². The zero-order valence-electron chi connectivity index (χ0n) is 61.9. The average molecular weight is 1210 g/mol. The molecule has 1 saturated heterocycles. The van der Waals surface area contributed by atoms with Crippen LogP contribution >= 0.6 is 0 Å². The van der Waals surface area contributed by atoms with Gasteiger partial charge in [0.1, 0.15) is 0 Å². The van der Waals surface area contributed by atoms with Crippen LogP contribution < -0.4 is 5.32 Å². The molecule has 0 bridgehead atoms. The van der Waals surface area contributed by atoms with E-state index in [0.29, 0.717) is 99.8 Å². The standard InChI is InChI=1S/C13H27NO3.C12H24O2.2C12H26O2.C11H24O2.C10H22O2/c1-7-12(15)14-11(8-16-10(2)3)9-17-13(4,5)6;1-8(2)6-11-10(5)13-7-12(11)14-9(3)4;1-8-12(7,14-10(2)3)9-13-11(4,5)6;1-6-7-12(14-11(4)5)8-9-13-10(2)3;1-6-7-11(13-10(4)5)8-12-9(2)3;1-6-10(12-9(4)5)7-11-8(2)3/h10-11H,7-9H2,1-6H3,(H,14,15);8-12H,6-7H2,1-5H3;10H,8-9H2,1-7H3;10-12H,6-9H2,1-5H3;9-11H,6-8H2,1-5H3;8-10H,6-7H2,1-5H3/t;10-,11+,12?;;;;/m.0..../s1. The van der Waals surface area contributed by atoms with Gasteiger partial charge in [-0.3, -0.25) is 4.79 Å². The highest BCUT2D eigenvalue weighted by molar-refractivity contribution is 5.75. The minimum absolute atomic E-state index is 0.0277. The van der Waals surface area contributed by atoms with Crippen molar-refractivity contribution in [3.05, 3.63) is 0 Å². The summed E-state index contributed by atoms with van der Waals surface area (Å²) in [5, 5.41) is 2.91. The number of nitrogens with one attached hydrogen (secondary N) is 1. The number of hydrogen-bond acceptors (Lipinski definition) is 13. The lowest BCUT2D eigenvalue weighted by atomic mass is 9.90. The Morgan fingerprint density at radius 1 is 0.512 bits per heavy atom. The Hall–Kier alpha value is -1.01. The summed E-state index contributed by atoms with van der Waals surface area (Å²) in [7, 11) is 0. The molecule has 1 aliphatic heterocycles. The van der Waals surface area contributed by atoms with Crippen molar-refractivity contribution in [3.8, 4) is 0 Å². The van der Waals surface area contributed by atoms with Gasteiger partial charge in [-0.2, -0.15) is 0 Å². The first-order chi connectivity index (χ1) is 38.6. The summed E-state index contributed by atoms with van der Waals surface area (Å²) in [6.07, 6.45) is 13.4. The lowest BCUT2D eigenvalue weighted by Crippen LogP contribution is -2.43. The fourth-order valence-corrected chi connectivity index (χ4v) is 8.01. The molecular formula is C70H149NO13. The van der Waals surface area contributed by atoms with Crippen LogP contribution in [0.15, 0.2) is 0 Å². The summed E-state index contributed by atoms with van der Waals surface area (Å²) in [6.45, 7) is 73.1. The first kappa shape index (κ1) is 91.7. The SMILES string of the molecule is CC(C)C[C@H]1C(OC(C)C)CO[C@H]1C.CCC(=O)NC(COC(C)C)COC(C)(C)C.CCC(C)(COC(C)(C)C)OC(C)C.CCC(COC(C)C)OC(C)C.CCCC(CCOC(C)C)OC(C)C.CCCC(COC(C)C)OC(C)C. The number of hydrogen-bond donors (Lipinski definition) is 1. The third-order valence-corrected chi connectivity index (χ3v) is 12.1. The molecule has 6 unspecified atom stereocenters. The Morgan fingerprint density at radius 3 is 1.33 bits per heavy atom. The highest BCUT2D eigenvalue weighted by Gasteiger charge is 2.36. The van der Waals surface area contributed by atoms with Gasteiger partial charge in [-0.05, 0) is 224 Å². The van der Waals surface area contributed by atoms with Gasteiger partial charge >= 0.3 is 0 Å². The molecule has 84 heavy (non-hydrogen) atoms. The average Bonchev–Trinajstić information content (AvgIpc) is 3.67. The Labute approximate surface area is 523 Å². The predicted octanol–water partition coefficient (Wildman–Crippen LogP) is 17.4. The lowest BCUT2D eigenvalue weighted by molar-refractivity contribution is -0.142. The second-order valence-corrected chi connectivity index (χ2v) is 27.7. The number of ether oxygens (including phenoxy) is 12. The van der Waals surface area contributed by atoms with Gasteiger partial charge < -0.3 is 62.2 Å². The molecule has 1 rings (SSSR count). The maximum atomic E-state index is 11.4. The van der Waals surface area contributed by atoms with E-state index >= 15 is 0 Å². The first-order valence-electron chi connectivity index (χ1n) is 33.6. The number of amides is 1. The molecule has 0 aromatic rings. The van der Waals surface area contributed by atoms with Crippen LogP contribution in [-0.4, -0.2) is 160 Å². The van der Waals surface area contributed by atoms with Crippen molar-refractivity contribution in [3.63, 3.8) is 0 Å². The van der Waals surface area contributed by atoms with E-state index in [1.807, 2.05) is 55.4 Å². The Morgan fingerprint density at radius 2 is 0.952 bits per heavy atom. The van der Waals surface area contributed by atoms with Crippen LogP contribution in [0.3, 0.4) is 0 Å². The molecule has 8 atom stereocenters. The monoisotopic (exact) mass is 1210 g/mol. The molecule has 0 saturated carbocycles. The quantitative estimate of drug-likeness (QED) is 0.0632. The molecule has 1 aliphatic rings. The van der Waals surface area contributed by atoms with E-state index in [-0.39, 0.29) is 53.2 Å². The van der Waals surface area contributed by atoms with Gasteiger partial charge in [0.2, 0.25) is 5.91 Å². The van der Waals surface area contributed by atoms with Crippen molar-refractivity contribution in [2.45, 2.75) is 395 Å². The molecule has 1 fully saturated rings. The molecule has 14 nitrogen and oxygen atoms in total. The highest BCUT2D eigenvalue weighted by atomic mass is 16.6. The maximum absolute atomic E-state index is 11.4. The fourth-order valence-electron chi connectivity index (χ4n) is 8.01. The lowest BCUT2D eigenvalue weighted by Gasteiger charge is -2.33. The van der Waals surface area contributed by atoms with Crippen molar-refractivity contribution in [2.75, 3.05) is 46.2 Å². The summed E-state index contributed by atoms with van der Waals surface area (Å²) < 4.78 is 68.0. The van der Waals surface area contributed by atoms with E-state index in [1.165, 1.54) is 12.8 Å². The second kappa shape index (κ2) is 53.8. The summed E-state index contributed by atoms with van der Waals surface area (Å²) in [5.41, 5.74) is -0.439. The predicted molar refractivity (Wildman–Crippen MR) is 356 cm³/mol. The molecule has 1 N–H and O–H groups in total. The van der Waals surface area contributed by atoms with E-state index < -0.39 is 0 Å². The highest BCUT2D eigenvalue weighted by Crippen LogP contribution is 2.30. The maximum Gasteiger partial charge on any atom is 0.220 e. The van der Waals surface area contributed by atoms with Crippen LogP contribution in [0, 0.1) is 11.8 Å². The first-order valence-corrected chi connectivity index (χ1v) is 33.6. The molecule has 0 aromatic carbocycles. The second-order valence-electron chi connectivity index (χ2n) is 27.7. The number of carbonyl (C=O) groups is 1. The molecule has 14 heteroatoms. The van der Waals surface area contributed by atoms with Gasteiger partial charge in [0.25, 0.3) is 0 Å². The van der Waals surface area contributed by atoms with Crippen LogP contribution in [0.5, 0.6) is 0 Å². The van der Waals surface area contributed by atoms with Crippen molar-refractivity contribution in [1.82, 2.24) is 5.32 Å². The third kappa shape index (κ3) is 66.9. The zero-order chi connectivity index (χ0) is 66.4. The summed E-state index contributed by atoms with van der Waals surface area (Å²) in [5.74, 6) is 1.33. The van der Waals surface area contributed by atoms with Gasteiger partial charge in [0.15, 0.2) is 0 Å². The molecule has 1 heterocycles. The number of carbonyl (C=O) groups excluding carboxylic acids is 1. The molecule has 512 valence electrons. The van der Waals surface area contributed by atoms with Crippen molar-refractivity contribution < 1.29 is 61.6 Å². The van der Waals surface area contributed by atoms with Gasteiger partial charge in [-0.15, -0.1) is 0 Å². The van der Waals surface area contributed by atoms with Crippen LogP contribution in [0.4, 0.5) is 0 Å². The Bertz CT molecular complexity index is 1410. The topological polar surface area (TPSA) is 140 Å². The van der Waals surface area contributed by atoms with Crippen LogP contribution in [0.25, 0.3) is 0 Å². The van der Waals surface area contributed by atoms with Gasteiger partial charge in [-0.25, -0.2) is 0 Å². The molecule has 0 radical (unpaired) electrons. The molecule has 0 aliphatic carbocycles. The van der Waals surface area contributed by atoms with Gasteiger partial charge in [0.05, 0.1) is 148 Å². The van der Waals surface area contributed by atoms with Crippen molar-refractivity contribution in [1.29, 1.82) is 0 Å². The van der Waals surface area contributed by atoms with Crippen molar-refractivity contribution >= 4 is 5.91 Å². The molecule has 0 aromatic heterocycles. The van der Waals surface area contributed by atoms with Crippen LogP contribution in [-0.2, 0) is 61.6 Å². The minimum Gasteiger partial charge on any atom is -0.379 e. The van der Waals surface area contributed by atoms with E-state index in [2.05, 4.69) is 178 Å². The Kier molecular flexibility index (Phi) is 58.7. The van der Waals surface area contributed by atoms with Gasteiger partial charge in [-0.1, -0.05) is 61.3 Å². The fraction of sp³-hybridized carbons (Fsp3) is 0.986. The zero-order valence-corrected chi connectivity index (χ0v) is 61.9. The molecule has 0 spiro atoms. The smallest absolute Gasteiger partial charge is 0.220 e.